The minimum absolute atomic E-state index is 0.184. The van der Waals surface area contributed by atoms with Crippen LogP contribution in [0.25, 0.3) is 11.4 Å². The van der Waals surface area contributed by atoms with E-state index in [4.69, 9.17) is 18.7 Å². The van der Waals surface area contributed by atoms with Gasteiger partial charge in [0.05, 0.1) is 33.5 Å². The van der Waals surface area contributed by atoms with Crippen LogP contribution in [0.4, 0.5) is 0 Å². The molecule has 0 saturated carbocycles. The molecule has 8 heteroatoms. The molecule has 160 valence electrons. The van der Waals surface area contributed by atoms with Gasteiger partial charge in [0.1, 0.15) is 0 Å². The van der Waals surface area contributed by atoms with Gasteiger partial charge < -0.3 is 29.2 Å². The summed E-state index contributed by atoms with van der Waals surface area (Å²) in [6.45, 7) is 8.21. The number of allylic oxidation sites excluding steroid dienone is 1. The molecule has 2 aromatic rings. The Bertz CT molecular complexity index is 765. The summed E-state index contributed by atoms with van der Waals surface area (Å²) >= 11 is 0. The maximum atomic E-state index is 10.1. The minimum Gasteiger partial charge on any atom is -0.493 e. The van der Waals surface area contributed by atoms with Crippen molar-refractivity contribution in [1.82, 2.24) is 15.5 Å². The van der Waals surface area contributed by atoms with E-state index in [0.29, 0.717) is 47.5 Å². The van der Waals surface area contributed by atoms with Crippen LogP contribution in [0.1, 0.15) is 38.6 Å². The van der Waals surface area contributed by atoms with E-state index in [9.17, 15) is 5.11 Å². The molecule has 0 saturated heterocycles. The van der Waals surface area contributed by atoms with Crippen molar-refractivity contribution >= 4 is 0 Å². The normalized spacial score (nSPS) is 13.2. The molecule has 0 amide bonds. The SMILES string of the molecule is C=CCCC(O)CNC(c1nc(-c2cc(OC)c(OC)c(OC)c2)no1)C(C)C. The van der Waals surface area contributed by atoms with Gasteiger partial charge in [-0.25, -0.2) is 0 Å². The van der Waals surface area contributed by atoms with E-state index in [1.54, 1.807) is 39.5 Å². The zero-order valence-corrected chi connectivity index (χ0v) is 17.8. The van der Waals surface area contributed by atoms with Crippen LogP contribution in [-0.2, 0) is 0 Å². The highest BCUT2D eigenvalue weighted by atomic mass is 16.5. The van der Waals surface area contributed by atoms with Crippen LogP contribution < -0.4 is 19.5 Å². The number of nitrogens with one attached hydrogen (secondary N) is 1. The number of methoxy groups -OCH3 is 3. The highest BCUT2D eigenvalue weighted by Crippen LogP contribution is 2.40. The third-order valence-electron chi connectivity index (χ3n) is 4.57. The van der Waals surface area contributed by atoms with E-state index in [-0.39, 0.29) is 12.0 Å². The van der Waals surface area contributed by atoms with Crippen LogP contribution in [0.2, 0.25) is 0 Å². The van der Waals surface area contributed by atoms with Gasteiger partial charge in [-0.1, -0.05) is 25.1 Å². The topological polar surface area (TPSA) is 98.9 Å². The lowest BCUT2D eigenvalue weighted by Crippen LogP contribution is -2.33. The number of hydrogen-bond donors (Lipinski definition) is 2. The molecule has 0 fully saturated rings. The number of ether oxygens (including phenoxy) is 3. The molecule has 2 atom stereocenters. The molecule has 0 aliphatic carbocycles. The van der Waals surface area contributed by atoms with Gasteiger partial charge >= 0.3 is 0 Å². The van der Waals surface area contributed by atoms with Crippen molar-refractivity contribution in [3.05, 3.63) is 30.7 Å². The Morgan fingerprint density at radius 2 is 1.83 bits per heavy atom. The molecule has 0 bridgehead atoms. The summed E-state index contributed by atoms with van der Waals surface area (Å²) in [5.74, 6) is 2.58. The van der Waals surface area contributed by atoms with Crippen LogP contribution in [-0.4, -0.2) is 49.2 Å². The summed E-state index contributed by atoms with van der Waals surface area (Å²) < 4.78 is 21.7. The van der Waals surface area contributed by atoms with Gasteiger partial charge in [-0.3, -0.25) is 0 Å². The number of benzene rings is 1. The fourth-order valence-corrected chi connectivity index (χ4v) is 2.97. The number of rotatable bonds is 12. The zero-order chi connectivity index (χ0) is 21.4. The quantitative estimate of drug-likeness (QED) is 0.519. The molecule has 0 aliphatic rings. The Morgan fingerprint density at radius 1 is 1.17 bits per heavy atom. The van der Waals surface area contributed by atoms with E-state index < -0.39 is 6.10 Å². The molecule has 0 aliphatic heterocycles. The number of hydrogen-bond acceptors (Lipinski definition) is 8. The van der Waals surface area contributed by atoms with Crippen LogP contribution in [0.5, 0.6) is 17.2 Å². The average molecular weight is 405 g/mol. The van der Waals surface area contributed by atoms with Crippen LogP contribution in [0.15, 0.2) is 29.3 Å². The van der Waals surface area contributed by atoms with Crippen LogP contribution in [0, 0.1) is 5.92 Å². The van der Waals surface area contributed by atoms with E-state index in [0.717, 1.165) is 6.42 Å². The van der Waals surface area contributed by atoms with Gasteiger partial charge in [0.2, 0.25) is 17.5 Å². The fourth-order valence-electron chi connectivity index (χ4n) is 2.97. The lowest BCUT2D eigenvalue weighted by atomic mass is 10.0. The zero-order valence-electron chi connectivity index (χ0n) is 17.8. The fraction of sp³-hybridized carbons (Fsp3) is 0.524. The van der Waals surface area contributed by atoms with Gasteiger partial charge in [-0.15, -0.1) is 6.58 Å². The first-order valence-corrected chi connectivity index (χ1v) is 9.61. The number of aliphatic hydroxyl groups is 1. The maximum Gasteiger partial charge on any atom is 0.244 e. The van der Waals surface area contributed by atoms with Crippen LogP contribution in [0.3, 0.4) is 0 Å². The first-order valence-electron chi connectivity index (χ1n) is 9.61. The molecule has 1 aromatic carbocycles. The first kappa shape index (κ1) is 22.7. The number of nitrogens with zero attached hydrogens (tertiary/aromatic N) is 2. The van der Waals surface area contributed by atoms with Crippen molar-refractivity contribution < 1.29 is 23.8 Å². The summed E-state index contributed by atoms with van der Waals surface area (Å²) in [4.78, 5) is 4.56. The van der Waals surface area contributed by atoms with Crippen molar-refractivity contribution in [2.75, 3.05) is 27.9 Å². The number of aliphatic hydroxyl groups excluding tert-OH is 1. The summed E-state index contributed by atoms with van der Waals surface area (Å²) in [6, 6.07) is 3.36. The molecular formula is C21H31N3O5. The van der Waals surface area contributed by atoms with Crippen molar-refractivity contribution in [3.8, 4) is 28.6 Å². The monoisotopic (exact) mass is 405 g/mol. The van der Waals surface area contributed by atoms with Crippen molar-refractivity contribution in [3.63, 3.8) is 0 Å². The summed E-state index contributed by atoms with van der Waals surface area (Å²) in [5, 5.41) is 17.5. The largest absolute Gasteiger partial charge is 0.493 e. The van der Waals surface area contributed by atoms with E-state index in [1.165, 1.54) is 0 Å². The molecule has 0 radical (unpaired) electrons. The third kappa shape index (κ3) is 5.71. The van der Waals surface area contributed by atoms with Crippen molar-refractivity contribution in [2.24, 2.45) is 5.92 Å². The maximum absolute atomic E-state index is 10.1. The number of aromatic nitrogens is 2. The average Bonchev–Trinajstić information content (AvgIpc) is 3.20. The second kappa shape index (κ2) is 10.8. The molecular weight excluding hydrogens is 374 g/mol. The molecule has 2 rings (SSSR count). The molecule has 8 nitrogen and oxygen atoms in total. The van der Waals surface area contributed by atoms with E-state index in [2.05, 4.69) is 35.9 Å². The Labute approximate surface area is 171 Å². The third-order valence-corrected chi connectivity index (χ3v) is 4.57. The molecule has 2 N–H and O–H groups in total. The highest BCUT2D eigenvalue weighted by molar-refractivity contribution is 5.66. The second-order valence-corrected chi connectivity index (χ2v) is 7.02. The van der Waals surface area contributed by atoms with Gasteiger partial charge in [0.25, 0.3) is 0 Å². The van der Waals surface area contributed by atoms with E-state index in [1.807, 2.05) is 0 Å². The smallest absolute Gasteiger partial charge is 0.244 e. The lowest BCUT2D eigenvalue weighted by molar-refractivity contribution is 0.150. The predicted octanol–water partition coefficient (Wildman–Crippen LogP) is 3.38. The molecule has 1 aromatic heterocycles. The first-order chi connectivity index (χ1) is 13.9. The summed E-state index contributed by atoms with van der Waals surface area (Å²) in [6.07, 6.45) is 2.75. The minimum atomic E-state index is -0.466. The van der Waals surface area contributed by atoms with Crippen molar-refractivity contribution in [1.29, 1.82) is 0 Å². The predicted molar refractivity (Wildman–Crippen MR) is 110 cm³/mol. The van der Waals surface area contributed by atoms with Gasteiger partial charge in [-0.2, -0.15) is 4.98 Å². The Hall–Kier alpha value is -2.58. The standard InChI is InChI=1S/C21H31N3O5/c1-7-8-9-15(25)12-22-18(13(2)3)21-23-20(24-29-21)14-10-16(26-4)19(28-6)17(11-14)27-5/h7,10-11,13,15,18,22,25H,1,8-9,12H2,2-6H3. The highest BCUT2D eigenvalue weighted by Gasteiger charge is 2.24. The molecule has 0 spiro atoms. The molecule has 1 heterocycles. The van der Waals surface area contributed by atoms with Crippen LogP contribution >= 0.6 is 0 Å². The second-order valence-electron chi connectivity index (χ2n) is 7.02. The summed E-state index contributed by atoms with van der Waals surface area (Å²) in [5.41, 5.74) is 0.683. The van der Waals surface area contributed by atoms with Gasteiger partial charge in [0.15, 0.2) is 11.5 Å². The molecule has 2 unspecified atom stereocenters. The lowest BCUT2D eigenvalue weighted by Gasteiger charge is -2.20. The van der Waals surface area contributed by atoms with Crippen molar-refractivity contribution in [2.45, 2.75) is 38.8 Å². The molecule has 29 heavy (non-hydrogen) atoms. The van der Waals surface area contributed by atoms with E-state index >= 15 is 0 Å². The Morgan fingerprint density at radius 3 is 2.34 bits per heavy atom. The van der Waals surface area contributed by atoms with Gasteiger partial charge in [0, 0.05) is 12.1 Å². The Balaban J connectivity index is 2.24. The summed E-state index contributed by atoms with van der Waals surface area (Å²) in [7, 11) is 4.66. The van der Waals surface area contributed by atoms with Gasteiger partial charge in [-0.05, 0) is 30.9 Å². The Kier molecular flexibility index (Phi) is 8.48.